The predicted molar refractivity (Wildman–Crippen MR) is 86.1 cm³/mol. The van der Waals surface area contributed by atoms with Gasteiger partial charge in [-0.15, -0.1) is 25.6 Å². The highest BCUT2D eigenvalue weighted by molar-refractivity contribution is 5.85. The lowest BCUT2D eigenvalue weighted by atomic mass is 9.97. The number of ether oxygens (including phenoxy) is 2. The van der Waals surface area contributed by atoms with E-state index in [1.54, 1.807) is 0 Å². The summed E-state index contributed by atoms with van der Waals surface area (Å²) in [7, 11) is 1.23. The minimum Gasteiger partial charge on any atom is -0.496 e. The summed E-state index contributed by atoms with van der Waals surface area (Å²) in [6.45, 7) is -0.0746. The largest absolute Gasteiger partial charge is 0.573 e. The molecule has 1 aromatic carbocycles. The van der Waals surface area contributed by atoms with Gasteiger partial charge in [-0.25, -0.2) is 8.78 Å². The summed E-state index contributed by atoms with van der Waals surface area (Å²) in [6, 6.07) is 1.36. The van der Waals surface area contributed by atoms with Crippen molar-refractivity contribution < 1.29 is 36.5 Å². The monoisotopic (exact) mass is 406 g/mol. The van der Waals surface area contributed by atoms with Crippen molar-refractivity contribution in [2.75, 3.05) is 39.9 Å². The molecule has 2 N–H and O–H groups in total. The van der Waals surface area contributed by atoms with Crippen molar-refractivity contribution in [2.45, 2.75) is 18.3 Å². The molecule has 1 aromatic rings. The lowest BCUT2D eigenvalue weighted by Gasteiger charge is -2.39. The first-order valence-electron chi connectivity index (χ1n) is 7.55. The second-order valence-electron chi connectivity index (χ2n) is 5.56. The summed E-state index contributed by atoms with van der Waals surface area (Å²) in [6.07, 6.45) is -4.95. The molecular weight excluding hydrogens is 387 g/mol. The van der Waals surface area contributed by atoms with Crippen LogP contribution in [0.5, 0.6) is 11.5 Å². The normalized spacial score (nSPS) is 17.3. The number of alkyl halides is 5. The van der Waals surface area contributed by atoms with Gasteiger partial charge in [0.15, 0.2) is 0 Å². The number of nitrogens with zero attached hydrogens (tertiary/aromatic N) is 1. The molecule has 0 aromatic heterocycles. The number of aliphatic hydroxyl groups is 1. The van der Waals surface area contributed by atoms with Crippen LogP contribution in [0.3, 0.4) is 0 Å². The molecule has 1 heterocycles. The third-order valence-electron chi connectivity index (χ3n) is 3.86. The maximum absolute atomic E-state index is 14.4. The van der Waals surface area contributed by atoms with Crippen LogP contribution in [0.1, 0.15) is 11.6 Å². The lowest BCUT2D eigenvalue weighted by Crippen LogP contribution is -2.51. The number of methoxy groups -OCH3 is 1. The quantitative estimate of drug-likeness (QED) is 0.711. The van der Waals surface area contributed by atoms with E-state index in [1.807, 2.05) is 0 Å². The van der Waals surface area contributed by atoms with Crippen LogP contribution >= 0.6 is 12.4 Å². The molecule has 0 unspecified atom stereocenters. The maximum atomic E-state index is 14.4. The van der Waals surface area contributed by atoms with Gasteiger partial charge in [-0.1, -0.05) is 0 Å². The number of aliphatic hydroxyl groups excluding tert-OH is 1. The lowest BCUT2D eigenvalue weighted by molar-refractivity contribution is -0.274. The SMILES string of the molecule is COc1ccc(OC(F)(F)F)cc1[C@H](N1CCNCC1)C(F)(F)CO.Cl. The average molecular weight is 407 g/mol. The van der Waals surface area contributed by atoms with Gasteiger partial charge >= 0.3 is 6.36 Å². The molecule has 26 heavy (non-hydrogen) atoms. The van der Waals surface area contributed by atoms with Crippen LogP contribution in [0.2, 0.25) is 0 Å². The highest BCUT2D eigenvalue weighted by atomic mass is 35.5. The number of hydrogen-bond donors (Lipinski definition) is 2. The summed E-state index contributed by atoms with van der Waals surface area (Å²) in [4.78, 5) is 1.40. The van der Waals surface area contributed by atoms with E-state index in [1.165, 1.54) is 12.0 Å². The zero-order chi connectivity index (χ0) is 18.7. The van der Waals surface area contributed by atoms with E-state index in [2.05, 4.69) is 10.1 Å². The predicted octanol–water partition coefficient (Wildman–Crippen LogP) is 2.59. The molecule has 0 radical (unpaired) electrons. The highest BCUT2D eigenvalue weighted by Gasteiger charge is 2.45. The summed E-state index contributed by atoms with van der Waals surface area (Å²) >= 11 is 0. The highest BCUT2D eigenvalue weighted by Crippen LogP contribution is 2.42. The fourth-order valence-electron chi connectivity index (χ4n) is 2.84. The van der Waals surface area contributed by atoms with Gasteiger partial charge in [0.2, 0.25) is 0 Å². The van der Waals surface area contributed by atoms with E-state index >= 15 is 0 Å². The fourth-order valence-corrected chi connectivity index (χ4v) is 2.84. The molecule has 0 aliphatic carbocycles. The van der Waals surface area contributed by atoms with Crippen molar-refractivity contribution in [3.05, 3.63) is 23.8 Å². The van der Waals surface area contributed by atoms with Crippen LogP contribution in [0.25, 0.3) is 0 Å². The molecule has 2 rings (SSSR count). The standard InChI is InChI=1S/C15H19F5N2O3.ClH/c1-24-12-3-2-10(25-15(18,19)20)8-11(12)13(14(16,17)9-23)22-6-4-21-5-7-22;/h2-3,8,13,21,23H,4-7,9H2,1H3;1H/t13-;/m0./s1. The van der Waals surface area contributed by atoms with Crippen molar-refractivity contribution >= 4 is 12.4 Å². The first-order valence-corrected chi connectivity index (χ1v) is 7.55. The molecule has 0 bridgehead atoms. The van der Waals surface area contributed by atoms with Gasteiger partial charge in [0, 0.05) is 31.7 Å². The van der Waals surface area contributed by atoms with Crippen LogP contribution in [0.4, 0.5) is 22.0 Å². The zero-order valence-corrected chi connectivity index (χ0v) is 14.7. The third kappa shape index (κ3) is 5.57. The number of piperazine rings is 1. The van der Waals surface area contributed by atoms with E-state index in [0.29, 0.717) is 13.1 Å². The molecule has 0 amide bonds. The van der Waals surface area contributed by atoms with Gasteiger partial charge in [-0.3, -0.25) is 4.90 Å². The zero-order valence-electron chi connectivity index (χ0n) is 13.9. The number of hydrogen-bond acceptors (Lipinski definition) is 5. The van der Waals surface area contributed by atoms with Crippen LogP contribution in [-0.4, -0.2) is 62.2 Å². The molecule has 150 valence electrons. The Morgan fingerprint density at radius 2 is 1.81 bits per heavy atom. The Labute approximate surface area is 153 Å². The number of nitrogens with one attached hydrogen (secondary N) is 1. The van der Waals surface area contributed by atoms with E-state index in [0.717, 1.165) is 18.2 Å². The summed E-state index contributed by atoms with van der Waals surface area (Å²) < 4.78 is 75.1. The molecule has 5 nitrogen and oxygen atoms in total. The van der Waals surface area contributed by atoms with E-state index in [-0.39, 0.29) is 36.8 Å². The van der Waals surface area contributed by atoms with Crippen molar-refractivity contribution in [3.8, 4) is 11.5 Å². The molecule has 0 spiro atoms. The van der Waals surface area contributed by atoms with E-state index in [9.17, 15) is 22.0 Å². The summed E-state index contributed by atoms with van der Waals surface area (Å²) in [5, 5.41) is 12.1. The maximum Gasteiger partial charge on any atom is 0.573 e. The fraction of sp³-hybridized carbons (Fsp3) is 0.600. The summed E-state index contributed by atoms with van der Waals surface area (Å²) in [5.74, 6) is -4.22. The molecular formula is C15H20ClF5N2O3. The van der Waals surface area contributed by atoms with Gasteiger partial charge < -0.3 is 19.9 Å². The van der Waals surface area contributed by atoms with E-state index in [4.69, 9.17) is 9.84 Å². The molecule has 1 atom stereocenters. The van der Waals surface area contributed by atoms with E-state index < -0.39 is 30.7 Å². The van der Waals surface area contributed by atoms with Crippen molar-refractivity contribution in [2.24, 2.45) is 0 Å². The Hall–Kier alpha value is -1.36. The molecule has 1 aliphatic heterocycles. The smallest absolute Gasteiger partial charge is 0.496 e. The first kappa shape index (κ1) is 22.7. The number of benzene rings is 1. The average Bonchev–Trinajstić information content (AvgIpc) is 2.55. The van der Waals surface area contributed by atoms with Crippen molar-refractivity contribution in [1.82, 2.24) is 10.2 Å². The second kappa shape index (κ2) is 9.03. The van der Waals surface area contributed by atoms with Crippen LogP contribution in [0.15, 0.2) is 18.2 Å². The van der Waals surface area contributed by atoms with Crippen LogP contribution in [-0.2, 0) is 0 Å². The first-order chi connectivity index (χ1) is 11.7. The molecule has 1 fully saturated rings. The Morgan fingerprint density at radius 3 is 2.31 bits per heavy atom. The minimum atomic E-state index is -4.95. The molecule has 1 aliphatic rings. The van der Waals surface area contributed by atoms with Gasteiger partial charge in [-0.05, 0) is 18.2 Å². The Kier molecular flexibility index (Phi) is 7.87. The van der Waals surface area contributed by atoms with Crippen LogP contribution in [0, 0.1) is 0 Å². The molecule has 11 heteroatoms. The molecule has 0 saturated carbocycles. The van der Waals surface area contributed by atoms with Gasteiger partial charge in [0.1, 0.15) is 24.1 Å². The van der Waals surface area contributed by atoms with Crippen molar-refractivity contribution in [1.29, 1.82) is 0 Å². The Balaban J connectivity index is 0.00000338. The van der Waals surface area contributed by atoms with Gasteiger partial charge in [0.25, 0.3) is 5.92 Å². The minimum absolute atomic E-state index is 0. The second-order valence-corrected chi connectivity index (χ2v) is 5.56. The van der Waals surface area contributed by atoms with Gasteiger partial charge in [0.05, 0.1) is 7.11 Å². The third-order valence-corrected chi connectivity index (χ3v) is 3.86. The molecule has 1 saturated heterocycles. The van der Waals surface area contributed by atoms with Gasteiger partial charge in [-0.2, -0.15) is 0 Å². The Morgan fingerprint density at radius 1 is 1.19 bits per heavy atom. The van der Waals surface area contributed by atoms with Crippen molar-refractivity contribution in [3.63, 3.8) is 0 Å². The number of halogens is 6. The topological polar surface area (TPSA) is 54.0 Å². The number of rotatable bonds is 6. The Bertz CT molecular complexity index is 583. The van der Waals surface area contributed by atoms with Crippen LogP contribution < -0.4 is 14.8 Å². The summed E-state index contributed by atoms with van der Waals surface area (Å²) in [5.41, 5.74) is -0.176.